The number of alkyl halides is 3. The largest absolute Gasteiger partial charge is 0.508 e. The number of likely N-dealkylation sites (tertiary alicyclic amines) is 1. The maximum atomic E-state index is 14.2. The summed E-state index contributed by atoms with van der Waals surface area (Å²) in [5.74, 6) is -5.61. The third-order valence-corrected chi connectivity index (χ3v) is 11.1. The van der Waals surface area contributed by atoms with E-state index in [0.717, 1.165) is 0 Å². The Kier molecular flexibility index (Phi) is 19.2. The number of hydrogen-bond donors (Lipinski definition) is 8. The van der Waals surface area contributed by atoms with Crippen molar-refractivity contribution < 1.29 is 61.7 Å². The van der Waals surface area contributed by atoms with Crippen molar-refractivity contribution in [3.05, 3.63) is 94.5 Å². The van der Waals surface area contributed by atoms with E-state index >= 15 is 0 Å². The van der Waals surface area contributed by atoms with E-state index in [9.17, 15) is 51.8 Å². The molecule has 3 aromatic rings. The average molecular weight is 952 g/mol. The second-order valence-corrected chi connectivity index (χ2v) is 17.6. The number of rotatable bonds is 19. The highest BCUT2D eigenvalue weighted by molar-refractivity contribution is 6.30. The number of fused-ring (bicyclic) bond motifs is 2. The smallest absolute Gasteiger partial charge is 0.490 e. The number of ketones is 2. The van der Waals surface area contributed by atoms with Gasteiger partial charge in [-0.1, -0.05) is 76.2 Å². The number of carbonyl (C=O) groups excluding carboxylic acids is 7. The first-order chi connectivity index (χ1) is 32.0. The molecule has 1 saturated heterocycles. The maximum Gasteiger partial charge on any atom is 0.490 e. The summed E-state index contributed by atoms with van der Waals surface area (Å²) >= 11 is 0. The lowest BCUT2D eigenvalue weighted by molar-refractivity contribution is -0.192. The van der Waals surface area contributed by atoms with Crippen molar-refractivity contribution in [1.82, 2.24) is 26.2 Å². The predicted molar refractivity (Wildman–Crippen MR) is 244 cm³/mol. The number of aliphatic carboxylic acids is 1. The zero-order valence-corrected chi connectivity index (χ0v) is 38.6. The summed E-state index contributed by atoms with van der Waals surface area (Å²) in [5, 5.41) is 31.4. The van der Waals surface area contributed by atoms with Crippen LogP contribution in [0.25, 0.3) is 0 Å². The molecule has 20 heteroatoms. The number of halogens is 3. The molecular formula is C48H60F3N7O10. The Labute approximate surface area is 392 Å². The van der Waals surface area contributed by atoms with Crippen molar-refractivity contribution in [3.8, 4) is 5.75 Å². The van der Waals surface area contributed by atoms with E-state index in [-0.39, 0.29) is 60.4 Å². The van der Waals surface area contributed by atoms with E-state index in [0.29, 0.717) is 72.3 Å². The summed E-state index contributed by atoms with van der Waals surface area (Å²) in [7, 11) is 0. The van der Waals surface area contributed by atoms with Crippen LogP contribution in [-0.2, 0) is 35.2 Å². The van der Waals surface area contributed by atoms with Gasteiger partial charge in [0.05, 0.1) is 11.6 Å². The number of nitrogens with zero attached hydrogens (tertiary/aromatic N) is 1. The van der Waals surface area contributed by atoms with Crippen molar-refractivity contribution in [1.29, 1.82) is 0 Å². The number of phenolic OH excluding ortho intramolecular Hbond substituents is 1. The van der Waals surface area contributed by atoms with Crippen molar-refractivity contribution in [2.45, 2.75) is 110 Å². The SMILES string of the molecule is CC(C)C[C@H](NC(=O)[C@H](Cc1ccc(O)cc1)NC(=O)[C@H](C)N)C(=O)N[C@@H](CC(C)C)C(=O)N1CCC[C@H]1C(=O)NCCCNc1cccc2c1C(=O)c1ccccc1C2=O.O=C(O)C(F)(F)F. The molecule has 1 aliphatic carbocycles. The van der Waals surface area contributed by atoms with Crippen LogP contribution >= 0.6 is 0 Å². The van der Waals surface area contributed by atoms with E-state index in [2.05, 4.69) is 26.6 Å². The Morgan fingerprint density at radius 3 is 1.87 bits per heavy atom. The summed E-state index contributed by atoms with van der Waals surface area (Å²) in [5.41, 5.74) is 8.41. The molecule has 68 heavy (non-hydrogen) atoms. The Balaban J connectivity index is 0.00000133. The van der Waals surface area contributed by atoms with Crippen LogP contribution in [0.5, 0.6) is 5.75 Å². The van der Waals surface area contributed by atoms with Crippen LogP contribution in [0.4, 0.5) is 18.9 Å². The summed E-state index contributed by atoms with van der Waals surface area (Å²) in [4.78, 5) is 105. The lowest BCUT2D eigenvalue weighted by Crippen LogP contribution is -2.59. The zero-order valence-electron chi connectivity index (χ0n) is 38.6. The van der Waals surface area contributed by atoms with Crippen LogP contribution < -0.4 is 32.3 Å². The minimum Gasteiger partial charge on any atom is -0.508 e. The number of hydrogen-bond acceptors (Lipinski definition) is 11. The monoisotopic (exact) mass is 951 g/mol. The van der Waals surface area contributed by atoms with Crippen molar-refractivity contribution >= 4 is 52.8 Å². The fourth-order valence-corrected chi connectivity index (χ4v) is 7.76. The van der Waals surface area contributed by atoms with Gasteiger partial charge in [0.1, 0.15) is 29.9 Å². The number of phenols is 1. The summed E-state index contributed by atoms with van der Waals surface area (Å²) in [6.07, 6.45) is -2.93. The van der Waals surface area contributed by atoms with E-state index in [4.69, 9.17) is 15.6 Å². The number of nitrogens with two attached hydrogens (primary N) is 1. The molecule has 0 spiro atoms. The molecule has 0 bridgehead atoms. The van der Waals surface area contributed by atoms with Gasteiger partial charge in [-0.3, -0.25) is 33.6 Å². The molecule has 17 nitrogen and oxygen atoms in total. The molecular weight excluding hydrogens is 892 g/mol. The van der Waals surface area contributed by atoms with Gasteiger partial charge in [-0.2, -0.15) is 13.2 Å². The van der Waals surface area contributed by atoms with Gasteiger partial charge in [-0.15, -0.1) is 0 Å². The Hall–Kier alpha value is -6.83. The van der Waals surface area contributed by atoms with Crippen molar-refractivity contribution in [2.75, 3.05) is 25.0 Å². The van der Waals surface area contributed by atoms with Crippen LogP contribution in [0.2, 0.25) is 0 Å². The molecule has 1 aliphatic heterocycles. The van der Waals surface area contributed by atoms with Crippen LogP contribution in [-0.4, -0.2) is 118 Å². The van der Waals surface area contributed by atoms with Crippen LogP contribution in [0.15, 0.2) is 66.7 Å². The number of aromatic hydroxyl groups is 1. The van der Waals surface area contributed by atoms with Crippen LogP contribution in [0, 0.1) is 11.8 Å². The zero-order chi connectivity index (χ0) is 50.5. The molecule has 1 heterocycles. The number of carboxylic acid groups (broad SMARTS) is 1. The predicted octanol–water partition coefficient (Wildman–Crippen LogP) is 3.85. The molecule has 0 radical (unpaired) electrons. The molecule has 1 fully saturated rings. The highest BCUT2D eigenvalue weighted by Gasteiger charge is 2.40. The standard InChI is InChI=1S/C46H59N7O8.C2HF3O2/c1-26(2)23-35(51-44(59)36(50-42(57)28(5)47)25-29-16-18-30(54)19-17-29)43(58)52-37(24-27(3)4)46(61)53-22-9-15-38(53)45(60)49-21-10-20-48-34-14-8-13-33-39(34)41(56)32-12-7-6-11-31(32)40(33)55;3-2(4,5)1(6)7/h6-8,11-14,16-19,26-28,35-38,48,54H,9-10,15,20-25,47H2,1-5H3,(H,49,60)(H,50,57)(H,51,59)(H,52,58);(H,6,7)/t28-,35-,36-,37-,38-;/m0./s1. The normalized spacial score (nSPS) is 16.0. The first-order valence-electron chi connectivity index (χ1n) is 22.4. The van der Waals surface area contributed by atoms with Gasteiger partial charge in [0, 0.05) is 48.4 Å². The number of anilines is 1. The van der Waals surface area contributed by atoms with E-state index < -0.39 is 60.1 Å². The van der Waals surface area contributed by atoms with Crippen LogP contribution in [0.1, 0.15) is 104 Å². The van der Waals surface area contributed by atoms with Crippen LogP contribution in [0.3, 0.4) is 0 Å². The van der Waals surface area contributed by atoms with Crippen molar-refractivity contribution in [3.63, 3.8) is 0 Å². The number of amides is 5. The Morgan fingerprint density at radius 1 is 0.735 bits per heavy atom. The fraction of sp³-hybridized carbons (Fsp3) is 0.458. The Bertz CT molecular complexity index is 2320. The molecule has 0 aromatic heterocycles. The first kappa shape index (κ1) is 53.8. The maximum absolute atomic E-state index is 14.2. The molecule has 3 aromatic carbocycles. The third-order valence-electron chi connectivity index (χ3n) is 11.1. The van der Waals surface area contributed by atoms with E-state index in [1.165, 1.54) is 24.0 Å². The van der Waals surface area contributed by atoms with Gasteiger partial charge in [-0.05, 0) is 74.6 Å². The third kappa shape index (κ3) is 14.8. The lowest BCUT2D eigenvalue weighted by atomic mass is 9.83. The highest BCUT2D eigenvalue weighted by Crippen LogP contribution is 2.32. The minimum atomic E-state index is -5.08. The van der Waals surface area contributed by atoms with Gasteiger partial charge in [-0.25, -0.2) is 4.79 Å². The van der Waals surface area contributed by atoms with Gasteiger partial charge >= 0.3 is 12.1 Å². The Morgan fingerprint density at radius 2 is 1.28 bits per heavy atom. The average Bonchev–Trinajstić information content (AvgIpc) is 3.77. The van der Waals surface area contributed by atoms with Gasteiger partial charge in [0.25, 0.3) is 0 Å². The minimum absolute atomic E-state index is 0.00342. The molecule has 0 unspecified atom stereocenters. The van der Waals surface area contributed by atoms with Crippen molar-refractivity contribution in [2.24, 2.45) is 17.6 Å². The van der Waals surface area contributed by atoms with E-state index in [1.54, 1.807) is 54.6 Å². The summed E-state index contributed by atoms with van der Waals surface area (Å²) < 4.78 is 31.7. The molecule has 5 amide bonds. The van der Waals surface area contributed by atoms with E-state index in [1.807, 2.05) is 27.7 Å². The number of benzene rings is 3. The number of carboxylic acids is 1. The topological polar surface area (TPSA) is 266 Å². The van der Waals surface area contributed by atoms with Gasteiger partial charge in [0.15, 0.2) is 11.6 Å². The molecule has 9 N–H and O–H groups in total. The van der Waals surface area contributed by atoms with Gasteiger partial charge < -0.3 is 47.4 Å². The molecule has 2 aliphatic rings. The molecule has 368 valence electrons. The molecule has 5 atom stereocenters. The second-order valence-electron chi connectivity index (χ2n) is 17.6. The summed E-state index contributed by atoms with van der Waals surface area (Å²) in [6, 6.07) is 13.3. The highest BCUT2D eigenvalue weighted by atomic mass is 19.4. The fourth-order valence-electron chi connectivity index (χ4n) is 7.76. The van der Waals surface area contributed by atoms with Gasteiger partial charge in [0.2, 0.25) is 29.5 Å². The molecule has 0 saturated carbocycles. The lowest BCUT2D eigenvalue weighted by Gasteiger charge is -2.31. The number of carbonyl (C=O) groups is 8. The first-order valence-corrected chi connectivity index (χ1v) is 22.4. The quantitative estimate of drug-likeness (QED) is 0.0624. The second kappa shape index (κ2) is 24.3. The summed E-state index contributed by atoms with van der Waals surface area (Å²) in [6.45, 7) is 10.2. The number of nitrogens with one attached hydrogen (secondary N) is 5. The molecule has 5 rings (SSSR count).